The Hall–Kier alpha value is -3.37. The summed E-state index contributed by atoms with van der Waals surface area (Å²) in [4.78, 5) is 25.6. The standard InChI is InChI=1S/C31H39F2NO6S/c1-7-10-11-12-14-22-17-23(32)15-21(5)30(22)24-18-25(26(33)16-20(24)4)27(19-29(35)39-9-3)34-31(36)28(13-8-2)40-41(6,37)38/h7-8,15-18,27-28H,1-2,9-14,19H2,3-6H3,(H,34,36)/t27-,28+/m0/s1. The molecule has 224 valence electrons. The number of benzene rings is 2. The van der Waals surface area contributed by atoms with Gasteiger partial charge in [-0.3, -0.25) is 13.8 Å². The summed E-state index contributed by atoms with van der Waals surface area (Å²) < 4.78 is 63.4. The van der Waals surface area contributed by atoms with Gasteiger partial charge >= 0.3 is 5.97 Å². The third-order valence-corrected chi connectivity index (χ3v) is 7.01. The number of hydrogen-bond donors (Lipinski definition) is 1. The number of ether oxygens (including phenoxy) is 1. The molecule has 41 heavy (non-hydrogen) atoms. The number of carbonyl (C=O) groups is 2. The molecule has 0 aliphatic heterocycles. The van der Waals surface area contributed by atoms with Crippen molar-refractivity contribution >= 4 is 22.0 Å². The molecule has 2 aromatic carbocycles. The molecule has 0 saturated heterocycles. The molecule has 0 spiro atoms. The zero-order valence-electron chi connectivity index (χ0n) is 24.1. The van der Waals surface area contributed by atoms with Crippen molar-refractivity contribution in [3.63, 3.8) is 0 Å². The second-order valence-corrected chi connectivity index (χ2v) is 11.5. The van der Waals surface area contributed by atoms with Crippen LogP contribution in [0.5, 0.6) is 0 Å². The molecule has 0 aliphatic rings. The first-order valence-electron chi connectivity index (χ1n) is 13.5. The van der Waals surface area contributed by atoms with Crippen LogP contribution in [0.15, 0.2) is 49.6 Å². The number of rotatable bonds is 16. The number of hydrogen-bond acceptors (Lipinski definition) is 6. The molecule has 2 aromatic rings. The molecular weight excluding hydrogens is 552 g/mol. The van der Waals surface area contributed by atoms with Crippen molar-refractivity contribution in [3.8, 4) is 11.1 Å². The number of unbranched alkanes of at least 4 members (excludes halogenated alkanes) is 2. The second-order valence-electron chi connectivity index (χ2n) is 9.86. The van der Waals surface area contributed by atoms with Gasteiger partial charge in [0, 0.05) is 12.0 Å². The average Bonchev–Trinajstić information content (AvgIpc) is 2.86. The fourth-order valence-electron chi connectivity index (χ4n) is 4.67. The fraction of sp³-hybridized carbons (Fsp3) is 0.419. The predicted octanol–water partition coefficient (Wildman–Crippen LogP) is 6.18. The molecule has 7 nitrogen and oxygen atoms in total. The van der Waals surface area contributed by atoms with Gasteiger partial charge in [0.2, 0.25) is 0 Å². The molecule has 10 heteroatoms. The van der Waals surface area contributed by atoms with Crippen LogP contribution in [0.1, 0.15) is 67.3 Å². The topological polar surface area (TPSA) is 98.8 Å². The first-order chi connectivity index (χ1) is 19.3. The van der Waals surface area contributed by atoms with Crippen LogP contribution in [-0.2, 0) is 35.0 Å². The Balaban J connectivity index is 2.63. The van der Waals surface area contributed by atoms with Crippen molar-refractivity contribution in [2.45, 2.75) is 71.4 Å². The molecule has 0 bridgehead atoms. The van der Waals surface area contributed by atoms with Crippen LogP contribution in [0.4, 0.5) is 8.78 Å². The molecule has 2 atom stereocenters. The maximum Gasteiger partial charge on any atom is 0.308 e. The minimum Gasteiger partial charge on any atom is -0.466 e. The minimum atomic E-state index is -4.01. The molecule has 0 radical (unpaired) electrons. The van der Waals surface area contributed by atoms with Gasteiger partial charge in [-0.25, -0.2) is 8.78 Å². The number of carbonyl (C=O) groups excluding carboxylic acids is 2. The maximum absolute atomic E-state index is 15.5. The number of amides is 1. The quantitative estimate of drug-likeness (QED) is 0.108. The minimum absolute atomic E-state index is 0.00922. The van der Waals surface area contributed by atoms with Crippen LogP contribution in [0.2, 0.25) is 0 Å². The van der Waals surface area contributed by atoms with Crippen molar-refractivity contribution in [2.24, 2.45) is 0 Å². The predicted molar refractivity (Wildman–Crippen MR) is 156 cm³/mol. The summed E-state index contributed by atoms with van der Waals surface area (Å²) in [5.74, 6) is -2.62. The Morgan fingerprint density at radius 3 is 2.37 bits per heavy atom. The normalized spacial score (nSPS) is 12.8. The van der Waals surface area contributed by atoms with Crippen molar-refractivity contribution in [2.75, 3.05) is 12.9 Å². The fourth-order valence-corrected chi connectivity index (χ4v) is 5.26. The summed E-state index contributed by atoms with van der Waals surface area (Å²) in [7, 11) is -4.01. The molecule has 0 fully saturated rings. The molecule has 0 unspecified atom stereocenters. The van der Waals surface area contributed by atoms with Gasteiger partial charge in [0.15, 0.2) is 6.10 Å². The van der Waals surface area contributed by atoms with E-state index in [1.165, 1.54) is 24.3 Å². The van der Waals surface area contributed by atoms with Crippen molar-refractivity contribution in [1.82, 2.24) is 5.32 Å². The zero-order valence-corrected chi connectivity index (χ0v) is 24.9. The van der Waals surface area contributed by atoms with Crippen LogP contribution in [0.25, 0.3) is 11.1 Å². The summed E-state index contributed by atoms with van der Waals surface area (Å²) in [5, 5.41) is 2.57. The first kappa shape index (κ1) is 33.8. The summed E-state index contributed by atoms with van der Waals surface area (Å²) in [5.41, 5.74) is 3.35. The number of esters is 1. The number of nitrogens with one attached hydrogen (secondary N) is 1. The highest BCUT2D eigenvalue weighted by atomic mass is 32.2. The van der Waals surface area contributed by atoms with Gasteiger partial charge in [0.05, 0.1) is 25.3 Å². The van der Waals surface area contributed by atoms with Crippen LogP contribution in [0, 0.1) is 25.5 Å². The third kappa shape index (κ3) is 10.2. The maximum atomic E-state index is 15.5. The summed E-state index contributed by atoms with van der Waals surface area (Å²) in [6.07, 6.45) is 4.99. The van der Waals surface area contributed by atoms with Gasteiger partial charge in [-0.2, -0.15) is 8.42 Å². The van der Waals surface area contributed by atoms with Crippen LogP contribution >= 0.6 is 0 Å². The Labute approximate surface area is 241 Å². The first-order valence-corrected chi connectivity index (χ1v) is 15.3. The highest BCUT2D eigenvalue weighted by molar-refractivity contribution is 7.86. The lowest BCUT2D eigenvalue weighted by molar-refractivity contribution is -0.144. The van der Waals surface area contributed by atoms with E-state index < -0.39 is 46.4 Å². The van der Waals surface area contributed by atoms with Crippen LogP contribution in [-0.4, -0.2) is 39.3 Å². The van der Waals surface area contributed by atoms with Crippen molar-refractivity contribution in [3.05, 3.63) is 83.5 Å². The summed E-state index contributed by atoms with van der Waals surface area (Å²) in [6.45, 7) is 12.4. The largest absolute Gasteiger partial charge is 0.466 e. The van der Waals surface area contributed by atoms with E-state index in [-0.39, 0.29) is 24.4 Å². The lowest BCUT2D eigenvalue weighted by Gasteiger charge is -2.24. The van der Waals surface area contributed by atoms with Gasteiger partial charge in [-0.15, -0.1) is 13.2 Å². The average molecular weight is 592 g/mol. The third-order valence-electron chi connectivity index (χ3n) is 6.43. The molecule has 2 rings (SSSR count). The Morgan fingerprint density at radius 1 is 1.05 bits per heavy atom. The van der Waals surface area contributed by atoms with Gasteiger partial charge in [-0.1, -0.05) is 12.2 Å². The Bertz CT molecular complexity index is 1370. The van der Waals surface area contributed by atoms with Crippen molar-refractivity contribution in [1.29, 1.82) is 0 Å². The van der Waals surface area contributed by atoms with E-state index in [0.29, 0.717) is 23.1 Å². The molecule has 1 N–H and O–H groups in total. The highest BCUT2D eigenvalue weighted by Gasteiger charge is 2.29. The van der Waals surface area contributed by atoms with Crippen molar-refractivity contribution < 1.29 is 35.7 Å². The van der Waals surface area contributed by atoms with E-state index in [1.807, 2.05) is 6.08 Å². The van der Waals surface area contributed by atoms with E-state index in [9.17, 15) is 22.4 Å². The van der Waals surface area contributed by atoms with E-state index >= 15 is 4.39 Å². The monoisotopic (exact) mass is 591 g/mol. The Kier molecular flexibility index (Phi) is 12.9. The second kappa shape index (κ2) is 15.6. The molecule has 1 amide bonds. The van der Waals surface area contributed by atoms with Gasteiger partial charge in [0.25, 0.3) is 16.0 Å². The number of allylic oxidation sites excluding steroid dienone is 1. The van der Waals surface area contributed by atoms with Gasteiger partial charge in [0.1, 0.15) is 11.6 Å². The van der Waals surface area contributed by atoms with E-state index in [4.69, 9.17) is 8.92 Å². The number of aryl methyl sites for hydroxylation is 3. The zero-order chi connectivity index (χ0) is 30.7. The van der Waals surface area contributed by atoms with Gasteiger partial charge in [-0.05, 0) is 98.5 Å². The Morgan fingerprint density at radius 2 is 1.76 bits per heavy atom. The SMILES string of the molecule is C=CCCCCc1cc(F)cc(C)c1-c1cc([C@H](CC(=O)OCC)NC(=O)[C@@H](CC=C)OS(C)(=O)=O)c(F)cc1C. The van der Waals surface area contributed by atoms with E-state index in [1.54, 1.807) is 26.8 Å². The van der Waals surface area contributed by atoms with Crippen LogP contribution in [0.3, 0.4) is 0 Å². The van der Waals surface area contributed by atoms with Gasteiger partial charge < -0.3 is 10.1 Å². The summed E-state index contributed by atoms with van der Waals surface area (Å²) in [6, 6.07) is 4.51. The smallest absolute Gasteiger partial charge is 0.308 e. The van der Waals surface area contributed by atoms with E-state index in [0.717, 1.165) is 36.6 Å². The number of halogens is 2. The molecular formula is C31H39F2NO6S. The lowest BCUT2D eigenvalue weighted by Crippen LogP contribution is -2.40. The summed E-state index contributed by atoms with van der Waals surface area (Å²) >= 11 is 0. The highest BCUT2D eigenvalue weighted by Crippen LogP contribution is 2.36. The molecule has 0 saturated carbocycles. The van der Waals surface area contributed by atoms with Crippen LogP contribution < -0.4 is 5.32 Å². The molecule has 0 aromatic heterocycles. The van der Waals surface area contributed by atoms with E-state index in [2.05, 4.69) is 18.5 Å². The molecule has 0 heterocycles. The molecule has 0 aliphatic carbocycles. The lowest BCUT2D eigenvalue weighted by atomic mass is 9.87.